The molecule has 0 fully saturated rings. The zero-order valence-corrected chi connectivity index (χ0v) is 7.75. The van der Waals surface area contributed by atoms with E-state index in [1.54, 1.807) is 0 Å². The minimum absolute atomic E-state index is 0.427. The summed E-state index contributed by atoms with van der Waals surface area (Å²) in [4.78, 5) is 20.5. The van der Waals surface area contributed by atoms with Gasteiger partial charge in [0.1, 0.15) is 6.04 Å². The highest BCUT2D eigenvalue weighted by Crippen LogP contribution is 1.99. The third kappa shape index (κ3) is 6.10. The van der Waals surface area contributed by atoms with Gasteiger partial charge in [-0.3, -0.25) is 4.79 Å². The van der Waals surface area contributed by atoms with Gasteiger partial charge < -0.3 is 15.7 Å². The van der Waals surface area contributed by atoms with Crippen molar-refractivity contribution in [3.05, 3.63) is 0 Å². The topological polar surface area (TPSA) is 78.4 Å². The van der Waals surface area contributed by atoms with Crippen LogP contribution in [0, 0.1) is 0 Å². The number of carboxylic acids is 1. The zero-order chi connectivity index (χ0) is 10.1. The smallest absolute Gasteiger partial charge is 0.326 e. The van der Waals surface area contributed by atoms with E-state index in [4.69, 9.17) is 5.11 Å². The fraction of sp³-hybridized carbons (Fsp3) is 0.750. The number of hydrogen-bond acceptors (Lipinski definition) is 3. The Labute approximate surface area is 77.5 Å². The summed E-state index contributed by atoms with van der Waals surface area (Å²) < 4.78 is 0. The Hall–Kier alpha value is -1.10. The van der Waals surface area contributed by atoms with Crippen molar-refractivity contribution in [3.8, 4) is 0 Å². The maximum absolute atomic E-state index is 10.5. The summed E-state index contributed by atoms with van der Waals surface area (Å²) in [6, 6.07) is -0.741. The van der Waals surface area contributed by atoms with Crippen LogP contribution in [0.1, 0.15) is 19.3 Å². The molecule has 0 aliphatic carbocycles. The molecule has 1 atom stereocenters. The molecule has 5 heteroatoms. The quantitative estimate of drug-likeness (QED) is 0.357. The second-order valence-electron chi connectivity index (χ2n) is 2.77. The predicted octanol–water partition coefficient (Wildman–Crippen LogP) is -0.425. The maximum atomic E-state index is 10.5. The van der Waals surface area contributed by atoms with Crippen molar-refractivity contribution in [1.82, 2.24) is 10.6 Å². The van der Waals surface area contributed by atoms with Gasteiger partial charge in [0, 0.05) is 0 Å². The lowest BCUT2D eigenvalue weighted by Gasteiger charge is -2.10. The van der Waals surface area contributed by atoms with Gasteiger partial charge in [-0.1, -0.05) is 0 Å². The van der Waals surface area contributed by atoms with E-state index in [-0.39, 0.29) is 0 Å². The third-order valence-corrected chi connectivity index (χ3v) is 1.74. The van der Waals surface area contributed by atoms with Crippen molar-refractivity contribution in [2.45, 2.75) is 25.3 Å². The number of unbranched alkanes of at least 4 members (excludes halogenated alkanes) is 1. The van der Waals surface area contributed by atoms with E-state index in [0.29, 0.717) is 12.8 Å². The van der Waals surface area contributed by atoms with Gasteiger partial charge in [0.15, 0.2) is 0 Å². The molecular weight excluding hydrogens is 172 g/mol. The lowest BCUT2D eigenvalue weighted by atomic mass is 10.1. The van der Waals surface area contributed by atoms with E-state index in [1.165, 1.54) is 0 Å². The number of carbonyl (C=O) groups is 2. The van der Waals surface area contributed by atoms with Crippen LogP contribution in [0.3, 0.4) is 0 Å². The molecule has 3 N–H and O–H groups in total. The lowest BCUT2D eigenvalue weighted by molar-refractivity contribution is -0.140. The summed E-state index contributed by atoms with van der Waals surface area (Å²) in [6.45, 7) is 0.868. The van der Waals surface area contributed by atoms with E-state index < -0.39 is 12.0 Å². The molecule has 5 nitrogen and oxygen atoms in total. The van der Waals surface area contributed by atoms with Crippen molar-refractivity contribution in [3.63, 3.8) is 0 Å². The second-order valence-corrected chi connectivity index (χ2v) is 2.77. The maximum Gasteiger partial charge on any atom is 0.326 e. The van der Waals surface area contributed by atoms with Crippen molar-refractivity contribution in [1.29, 1.82) is 0 Å². The molecule has 0 heterocycles. The van der Waals surface area contributed by atoms with E-state index in [2.05, 4.69) is 10.6 Å². The molecule has 0 rings (SSSR count). The highest BCUT2D eigenvalue weighted by molar-refractivity contribution is 5.76. The van der Waals surface area contributed by atoms with E-state index in [9.17, 15) is 9.59 Å². The summed E-state index contributed by atoms with van der Waals surface area (Å²) in [5.41, 5.74) is 0. The van der Waals surface area contributed by atoms with Crippen molar-refractivity contribution in [2.24, 2.45) is 0 Å². The highest BCUT2D eigenvalue weighted by atomic mass is 16.4. The summed E-state index contributed by atoms with van der Waals surface area (Å²) in [7, 11) is 1.85. The first-order chi connectivity index (χ1) is 6.22. The summed E-state index contributed by atoms with van der Waals surface area (Å²) >= 11 is 0. The number of rotatable bonds is 8. The lowest BCUT2D eigenvalue weighted by Crippen LogP contribution is -2.35. The fourth-order valence-electron chi connectivity index (χ4n) is 1.01. The zero-order valence-electron chi connectivity index (χ0n) is 7.75. The monoisotopic (exact) mass is 188 g/mol. The van der Waals surface area contributed by atoms with Crippen molar-refractivity contribution in [2.75, 3.05) is 13.6 Å². The Morgan fingerprint density at radius 3 is 2.69 bits per heavy atom. The minimum Gasteiger partial charge on any atom is -0.480 e. The Bertz CT molecular complexity index is 161. The molecule has 0 bridgehead atoms. The number of aliphatic carboxylic acids is 1. The van der Waals surface area contributed by atoms with Gasteiger partial charge in [-0.15, -0.1) is 0 Å². The Balaban J connectivity index is 3.56. The second kappa shape index (κ2) is 7.54. The van der Waals surface area contributed by atoms with E-state index in [0.717, 1.165) is 19.4 Å². The molecule has 0 aliphatic heterocycles. The molecular formula is C8H16N2O3. The van der Waals surface area contributed by atoms with Crippen LogP contribution in [0.25, 0.3) is 0 Å². The number of carboxylic acid groups (broad SMARTS) is 1. The molecule has 0 aromatic rings. The van der Waals surface area contributed by atoms with E-state index in [1.807, 2.05) is 7.05 Å². The molecule has 0 spiro atoms. The first kappa shape index (κ1) is 11.9. The SMILES string of the molecule is CNCCCCC(NC=O)C(=O)O. The average molecular weight is 188 g/mol. The molecule has 0 saturated carbocycles. The number of nitrogens with one attached hydrogen (secondary N) is 2. The van der Waals surface area contributed by atoms with Gasteiger partial charge in [0.05, 0.1) is 0 Å². The number of hydrogen-bond donors (Lipinski definition) is 3. The minimum atomic E-state index is -0.975. The molecule has 76 valence electrons. The number of carbonyl (C=O) groups excluding carboxylic acids is 1. The predicted molar refractivity (Wildman–Crippen MR) is 48.4 cm³/mol. The Morgan fingerprint density at radius 1 is 1.54 bits per heavy atom. The Morgan fingerprint density at radius 2 is 2.23 bits per heavy atom. The standard InChI is InChI=1S/C8H16N2O3/c1-9-5-3-2-4-7(8(12)13)10-6-11/h6-7,9H,2-5H2,1H3,(H,10,11)(H,12,13). The molecule has 1 amide bonds. The molecule has 0 radical (unpaired) electrons. The first-order valence-electron chi connectivity index (χ1n) is 4.29. The molecule has 13 heavy (non-hydrogen) atoms. The Kier molecular flexibility index (Phi) is 6.91. The fourth-order valence-corrected chi connectivity index (χ4v) is 1.01. The largest absolute Gasteiger partial charge is 0.480 e. The molecule has 0 aliphatic rings. The van der Waals surface area contributed by atoms with Crippen LogP contribution in [0.5, 0.6) is 0 Å². The molecule has 0 aromatic carbocycles. The van der Waals surface area contributed by atoms with Crippen molar-refractivity contribution < 1.29 is 14.7 Å². The van der Waals surface area contributed by atoms with Crippen molar-refractivity contribution >= 4 is 12.4 Å². The first-order valence-corrected chi connectivity index (χ1v) is 4.29. The van der Waals surface area contributed by atoms with Crippen LogP contribution in [-0.2, 0) is 9.59 Å². The van der Waals surface area contributed by atoms with Gasteiger partial charge in [0.2, 0.25) is 6.41 Å². The van der Waals surface area contributed by atoms with Gasteiger partial charge in [0.25, 0.3) is 0 Å². The van der Waals surface area contributed by atoms with E-state index >= 15 is 0 Å². The van der Waals surface area contributed by atoms with Crippen LogP contribution >= 0.6 is 0 Å². The van der Waals surface area contributed by atoms with Gasteiger partial charge in [-0.25, -0.2) is 4.79 Å². The van der Waals surface area contributed by atoms with Gasteiger partial charge in [-0.2, -0.15) is 0 Å². The van der Waals surface area contributed by atoms with Crippen LogP contribution in [0.15, 0.2) is 0 Å². The normalized spacial score (nSPS) is 12.1. The van der Waals surface area contributed by atoms with Crippen LogP contribution in [0.2, 0.25) is 0 Å². The summed E-state index contributed by atoms with van der Waals surface area (Å²) in [5, 5.41) is 13.8. The molecule has 0 saturated heterocycles. The van der Waals surface area contributed by atoms with Crippen LogP contribution < -0.4 is 10.6 Å². The summed E-state index contributed by atoms with van der Waals surface area (Å²) in [6.07, 6.45) is 2.62. The molecule has 1 unspecified atom stereocenters. The van der Waals surface area contributed by atoms with Crippen LogP contribution in [-0.4, -0.2) is 37.1 Å². The van der Waals surface area contributed by atoms with Gasteiger partial charge >= 0.3 is 5.97 Å². The van der Waals surface area contributed by atoms with Crippen LogP contribution in [0.4, 0.5) is 0 Å². The third-order valence-electron chi connectivity index (χ3n) is 1.74. The number of amides is 1. The van der Waals surface area contributed by atoms with Gasteiger partial charge in [-0.05, 0) is 32.9 Å². The highest BCUT2D eigenvalue weighted by Gasteiger charge is 2.14. The summed E-state index contributed by atoms with van der Waals surface area (Å²) in [5.74, 6) is -0.975. The average Bonchev–Trinajstić information content (AvgIpc) is 2.10. The molecule has 0 aromatic heterocycles.